The molecule has 1 N–H and O–H groups in total. The van der Waals surface area contributed by atoms with Crippen LogP contribution >= 0.6 is 0 Å². The van der Waals surface area contributed by atoms with Gasteiger partial charge in [-0.25, -0.2) is 0 Å². The summed E-state index contributed by atoms with van der Waals surface area (Å²) < 4.78 is 5.89. The second kappa shape index (κ2) is 7.24. The molecule has 0 aromatic rings. The van der Waals surface area contributed by atoms with E-state index >= 15 is 0 Å². The third-order valence-electron chi connectivity index (χ3n) is 3.02. The average Bonchev–Trinajstić information content (AvgIpc) is 2.25. The number of aliphatic hydroxyl groups is 1. The van der Waals surface area contributed by atoms with Crippen LogP contribution < -0.4 is 0 Å². The fourth-order valence-electron chi connectivity index (χ4n) is 2.11. The summed E-state index contributed by atoms with van der Waals surface area (Å²) in [5.74, 6) is 0. The third-order valence-corrected chi connectivity index (χ3v) is 3.02. The summed E-state index contributed by atoms with van der Waals surface area (Å²) in [6, 6.07) is 0. The maximum absolute atomic E-state index is 9.16. The standard InChI is InChI=1S/C12H24O2/c1-2-3-7-12(10-13)14-11-8-5-4-6-9-11/h11-13H,2-10H2,1H3. The Bertz CT molecular complexity index is 130. The van der Waals surface area contributed by atoms with Crippen molar-refractivity contribution in [2.75, 3.05) is 6.61 Å². The predicted molar refractivity (Wildman–Crippen MR) is 58.4 cm³/mol. The first-order valence-electron chi connectivity index (χ1n) is 6.13. The molecular weight excluding hydrogens is 176 g/mol. The molecule has 1 saturated carbocycles. The molecule has 0 amide bonds. The maximum Gasteiger partial charge on any atom is 0.0809 e. The molecule has 0 spiro atoms. The Hall–Kier alpha value is -0.0800. The van der Waals surface area contributed by atoms with Crippen molar-refractivity contribution in [1.29, 1.82) is 0 Å². The molecule has 2 nitrogen and oxygen atoms in total. The van der Waals surface area contributed by atoms with Crippen LogP contribution in [0.25, 0.3) is 0 Å². The number of unbranched alkanes of at least 4 members (excludes halogenated alkanes) is 1. The molecule has 1 rings (SSSR count). The smallest absolute Gasteiger partial charge is 0.0809 e. The molecule has 1 aliphatic carbocycles. The van der Waals surface area contributed by atoms with E-state index < -0.39 is 0 Å². The summed E-state index contributed by atoms with van der Waals surface area (Å²) in [6.07, 6.45) is 10.2. The molecule has 0 aliphatic heterocycles. The Labute approximate surface area is 87.7 Å². The molecule has 1 aliphatic rings. The molecule has 1 unspecified atom stereocenters. The van der Waals surface area contributed by atoms with Crippen LogP contribution in [0.1, 0.15) is 58.3 Å². The van der Waals surface area contributed by atoms with Crippen LogP contribution in [0, 0.1) is 0 Å². The topological polar surface area (TPSA) is 29.5 Å². The fraction of sp³-hybridized carbons (Fsp3) is 1.00. The van der Waals surface area contributed by atoms with Crippen LogP contribution in [0.2, 0.25) is 0 Å². The van der Waals surface area contributed by atoms with Crippen LogP contribution in [-0.2, 0) is 4.74 Å². The van der Waals surface area contributed by atoms with E-state index in [-0.39, 0.29) is 12.7 Å². The lowest BCUT2D eigenvalue weighted by Crippen LogP contribution is -2.26. The van der Waals surface area contributed by atoms with Crippen LogP contribution in [0.5, 0.6) is 0 Å². The molecule has 0 heterocycles. The van der Waals surface area contributed by atoms with E-state index in [2.05, 4.69) is 6.92 Å². The van der Waals surface area contributed by atoms with Gasteiger partial charge in [-0.3, -0.25) is 0 Å². The normalized spacial score (nSPS) is 21.0. The van der Waals surface area contributed by atoms with Gasteiger partial charge in [0.15, 0.2) is 0 Å². The molecule has 84 valence electrons. The van der Waals surface area contributed by atoms with Crippen molar-refractivity contribution in [1.82, 2.24) is 0 Å². The first-order chi connectivity index (χ1) is 6.86. The Morgan fingerprint density at radius 1 is 1.29 bits per heavy atom. The van der Waals surface area contributed by atoms with Crippen LogP contribution in [0.4, 0.5) is 0 Å². The van der Waals surface area contributed by atoms with Crippen LogP contribution in [-0.4, -0.2) is 23.9 Å². The van der Waals surface area contributed by atoms with E-state index in [0.717, 1.165) is 12.8 Å². The molecule has 0 aromatic carbocycles. The fourth-order valence-corrected chi connectivity index (χ4v) is 2.11. The molecule has 14 heavy (non-hydrogen) atoms. The van der Waals surface area contributed by atoms with E-state index in [1.807, 2.05) is 0 Å². The van der Waals surface area contributed by atoms with E-state index in [1.165, 1.54) is 38.5 Å². The minimum Gasteiger partial charge on any atom is -0.394 e. The maximum atomic E-state index is 9.16. The van der Waals surface area contributed by atoms with E-state index in [0.29, 0.717) is 6.10 Å². The van der Waals surface area contributed by atoms with Crippen molar-refractivity contribution in [2.45, 2.75) is 70.5 Å². The van der Waals surface area contributed by atoms with Gasteiger partial charge in [0, 0.05) is 0 Å². The molecule has 0 saturated heterocycles. The number of hydrogen-bond donors (Lipinski definition) is 1. The second-order valence-electron chi connectivity index (χ2n) is 4.34. The highest BCUT2D eigenvalue weighted by molar-refractivity contribution is 4.68. The second-order valence-corrected chi connectivity index (χ2v) is 4.34. The number of aliphatic hydroxyl groups excluding tert-OH is 1. The molecule has 1 atom stereocenters. The highest BCUT2D eigenvalue weighted by atomic mass is 16.5. The van der Waals surface area contributed by atoms with Crippen molar-refractivity contribution >= 4 is 0 Å². The van der Waals surface area contributed by atoms with Gasteiger partial charge < -0.3 is 9.84 Å². The van der Waals surface area contributed by atoms with Gasteiger partial charge >= 0.3 is 0 Å². The number of rotatable bonds is 6. The van der Waals surface area contributed by atoms with Crippen LogP contribution in [0.15, 0.2) is 0 Å². The van der Waals surface area contributed by atoms with Gasteiger partial charge in [0.1, 0.15) is 0 Å². The summed E-state index contributed by atoms with van der Waals surface area (Å²) in [5.41, 5.74) is 0. The monoisotopic (exact) mass is 200 g/mol. The quantitative estimate of drug-likeness (QED) is 0.714. The van der Waals surface area contributed by atoms with E-state index in [4.69, 9.17) is 9.84 Å². The Morgan fingerprint density at radius 3 is 2.57 bits per heavy atom. The van der Waals surface area contributed by atoms with E-state index in [1.54, 1.807) is 0 Å². The molecule has 1 fully saturated rings. The Kier molecular flexibility index (Phi) is 6.20. The molecule has 0 aromatic heterocycles. The van der Waals surface area contributed by atoms with Crippen molar-refractivity contribution in [3.05, 3.63) is 0 Å². The lowest BCUT2D eigenvalue weighted by Gasteiger charge is -2.26. The van der Waals surface area contributed by atoms with Gasteiger partial charge in [0.25, 0.3) is 0 Å². The van der Waals surface area contributed by atoms with Gasteiger partial charge in [-0.15, -0.1) is 0 Å². The average molecular weight is 200 g/mol. The van der Waals surface area contributed by atoms with Crippen molar-refractivity contribution in [2.24, 2.45) is 0 Å². The summed E-state index contributed by atoms with van der Waals surface area (Å²) in [5, 5.41) is 9.16. The molecule has 0 radical (unpaired) electrons. The third kappa shape index (κ3) is 4.43. The highest BCUT2D eigenvalue weighted by Gasteiger charge is 2.18. The van der Waals surface area contributed by atoms with Gasteiger partial charge in [0.2, 0.25) is 0 Å². The first-order valence-corrected chi connectivity index (χ1v) is 6.13. The number of hydrogen-bond acceptors (Lipinski definition) is 2. The SMILES string of the molecule is CCCCC(CO)OC1CCCCC1. The zero-order valence-corrected chi connectivity index (χ0v) is 9.37. The first kappa shape index (κ1) is 12.0. The van der Waals surface area contributed by atoms with Gasteiger partial charge in [-0.2, -0.15) is 0 Å². The summed E-state index contributed by atoms with van der Waals surface area (Å²) >= 11 is 0. The Morgan fingerprint density at radius 2 is 2.00 bits per heavy atom. The largest absolute Gasteiger partial charge is 0.394 e. The van der Waals surface area contributed by atoms with E-state index in [9.17, 15) is 0 Å². The van der Waals surface area contributed by atoms with Crippen molar-refractivity contribution in [3.8, 4) is 0 Å². The molecule has 0 bridgehead atoms. The summed E-state index contributed by atoms with van der Waals surface area (Å²) in [4.78, 5) is 0. The lowest BCUT2D eigenvalue weighted by molar-refractivity contribution is -0.0570. The minimum atomic E-state index is 0.0954. The van der Waals surface area contributed by atoms with Crippen molar-refractivity contribution < 1.29 is 9.84 Å². The zero-order valence-electron chi connectivity index (χ0n) is 9.37. The van der Waals surface area contributed by atoms with Crippen LogP contribution in [0.3, 0.4) is 0 Å². The zero-order chi connectivity index (χ0) is 10.2. The lowest BCUT2D eigenvalue weighted by atomic mass is 9.97. The summed E-state index contributed by atoms with van der Waals surface area (Å²) in [7, 11) is 0. The minimum absolute atomic E-state index is 0.0954. The molecular formula is C12H24O2. The highest BCUT2D eigenvalue weighted by Crippen LogP contribution is 2.22. The van der Waals surface area contributed by atoms with Gasteiger partial charge in [-0.1, -0.05) is 39.0 Å². The summed E-state index contributed by atoms with van der Waals surface area (Å²) in [6.45, 7) is 2.37. The van der Waals surface area contributed by atoms with Gasteiger partial charge in [-0.05, 0) is 19.3 Å². The number of ether oxygens (including phenoxy) is 1. The Balaban J connectivity index is 2.16. The predicted octanol–water partition coefficient (Wildman–Crippen LogP) is 2.89. The van der Waals surface area contributed by atoms with Crippen molar-refractivity contribution in [3.63, 3.8) is 0 Å². The van der Waals surface area contributed by atoms with Gasteiger partial charge in [0.05, 0.1) is 18.8 Å². The molecule has 2 heteroatoms.